The summed E-state index contributed by atoms with van der Waals surface area (Å²) < 4.78 is 0. The molecule has 2 fully saturated rings. The van der Waals surface area contributed by atoms with Gasteiger partial charge in [-0.15, -0.1) is 0 Å². The number of nitrogens with zero attached hydrogens (tertiary/aromatic N) is 2. The smallest absolute Gasteiger partial charge is 0.136 e. The Bertz CT molecular complexity index is 475. The van der Waals surface area contributed by atoms with Gasteiger partial charge in [-0.1, -0.05) is 12.8 Å². The lowest BCUT2D eigenvalue weighted by Crippen LogP contribution is -2.28. The molecule has 0 saturated heterocycles. The summed E-state index contributed by atoms with van der Waals surface area (Å²) in [6.45, 7) is 1.21. The van der Waals surface area contributed by atoms with Gasteiger partial charge >= 0.3 is 0 Å². The molecule has 1 aromatic heterocycles. The number of aromatic nitrogens is 2. The van der Waals surface area contributed by atoms with Crippen LogP contribution in [0.25, 0.3) is 0 Å². The molecular formula is C16H26N4O. The van der Waals surface area contributed by atoms with Gasteiger partial charge in [-0.2, -0.15) is 0 Å². The van der Waals surface area contributed by atoms with Crippen LogP contribution in [0.15, 0.2) is 6.07 Å². The summed E-state index contributed by atoms with van der Waals surface area (Å²) in [7, 11) is 1.89. The molecule has 0 radical (unpaired) electrons. The van der Waals surface area contributed by atoms with Crippen LogP contribution in [0.5, 0.6) is 0 Å². The highest BCUT2D eigenvalue weighted by molar-refractivity contribution is 5.47. The Morgan fingerprint density at radius 1 is 1.10 bits per heavy atom. The zero-order chi connectivity index (χ0) is 14.7. The van der Waals surface area contributed by atoms with Crippen molar-refractivity contribution in [3.05, 3.63) is 11.9 Å². The fourth-order valence-corrected chi connectivity index (χ4v) is 3.24. The third-order valence-electron chi connectivity index (χ3n) is 4.79. The van der Waals surface area contributed by atoms with Crippen LogP contribution in [0.1, 0.15) is 50.3 Å². The maximum Gasteiger partial charge on any atom is 0.136 e. The molecule has 5 nitrogen and oxygen atoms in total. The van der Waals surface area contributed by atoms with Gasteiger partial charge in [0.1, 0.15) is 17.5 Å². The van der Waals surface area contributed by atoms with Crippen molar-refractivity contribution in [2.24, 2.45) is 11.8 Å². The van der Waals surface area contributed by atoms with Crippen LogP contribution in [0.4, 0.5) is 11.6 Å². The summed E-state index contributed by atoms with van der Waals surface area (Å²) in [6.07, 6.45) is 7.32. The number of hydrogen-bond donors (Lipinski definition) is 3. The monoisotopic (exact) mass is 290 g/mol. The average Bonchev–Trinajstić information content (AvgIpc) is 3.37. The van der Waals surface area contributed by atoms with Gasteiger partial charge in [0.2, 0.25) is 0 Å². The topological polar surface area (TPSA) is 70.1 Å². The largest absolute Gasteiger partial charge is 0.396 e. The van der Waals surface area contributed by atoms with E-state index in [1.807, 2.05) is 13.1 Å². The van der Waals surface area contributed by atoms with Gasteiger partial charge in [0.05, 0.1) is 0 Å². The maximum atomic E-state index is 9.50. The minimum atomic E-state index is 0.311. The third-order valence-corrected chi connectivity index (χ3v) is 4.79. The van der Waals surface area contributed by atoms with Gasteiger partial charge in [0.15, 0.2) is 0 Å². The molecule has 1 heterocycles. The summed E-state index contributed by atoms with van der Waals surface area (Å²) in [5, 5.41) is 16.1. The number of hydrogen-bond acceptors (Lipinski definition) is 5. The van der Waals surface area contributed by atoms with Crippen molar-refractivity contribution in [3.63, 3.8) is 0 Å². The normalized spacial score (nSPS) is 25.6. The van der Waals surface area contributed by atoms with Crippen LogP contribution in [-0.2, 0) is 0 Å². The molecule has 21 heavy (non-hydrogen) atoms. The molecule has 0 amide bonds. The molecule has 2 aliphatic rings. The molecule has 0 aliphatic heterocycles. The van der Waals surface area contributed by atoms with Gasteiger partial charge in [-0.25, -0.2) is 9.97 Å². The first-order chi connectivity index (χ1) is 10.3. The minimum Gasteiger partial charge on any atom is -0.396 e. The quantitative estimate of drug-likeness (QED) is 0.751. The fourth-order valence-electron chi connectivity index (χ4n) is 3.24. The highest BCUT2D eigenvalue weighted by Gasteiger charge is 2.28. The molecule has 3 N–H and O–H groups in total. The lowest BCUT2D eigenvalue weighted by molar-refractivity contribution is 0.141. The lowest BCUT2D eigenvalue weighted by atomic mass is 9.79. The van der Waals surface area contributed by atoms with E-state index < -0.39 is 0 Å². The molecule has 2 saturated carbocycles. The number of anilines is 2. The van der Waals surface area contributed by atoms with Crippen molar-refractivity contribution >= 4 is 11.6 Å². The van der Waals surface area contributed by atoms with Crippen molar-refractivity contribution in [3.8, 4) is 0 Å². The number of nitrogens with one attached hydrogen (secondary N) is 2. The Hall–Kier alpha value is -1.36. The van der Waals surface area contributed by atoms with Gasteiger partial charge in [0, 0.05) is 32.2 Å². The van der Waals surface area contributed by atoms with Gasteiger partial charge in [-0.05, 0) is 37.5 Å². The van der Waals surface area contributed by atoms with E-state index in [-0.39, 0.29) is 0 Å². The standard InChI is InChI=1S/C16H26N4O/c1-17-14-8-15(20-16(19-14)11-6-7-11)18-9-12-4-2-3-5-13(12)10-21/h8,11-13,21H,2-7,9-10H2,1H3,(H2,17,18,19,20). The predicted octanol–water partition coefficient (Wildman–Crippen LogP) is 2.61. The Balaban J connectivity index is 1.65. The Morgan fingerprint density at radius 2 is 1.81 bits per heavy atom. The van der Waals surface area contributed by atoms with E-state index in [4.69, 9.17) is 0 Å². The van der Waals surface area contributed by atoms with Crippen LogP contribution in [0, 0.1) is 11.8 Å². The lowest BCUT2D eigenvalue weighted by Gasteiger charge is -2.30. The molecule has 0 spiro atoms. The Kier molecular flexibility index (Phi) is 4.58. The van der Waals surface area contributed by atoms with Crippen LogP contribution >= 0.6 is 0 Å². The summed E-state index contributed by atoms with van der Waals surface area (Å²) in [5.41, 5.74) is 0. The molecule has 0 aromatic carbocycles. The molecular weight excluding hydrogens is 264 g/mol. The molecule has 2 aliphatic carbocycles. The first kappa shape index (κ1) is 14.6. The van der Waals surface area contributed by atoms with E-state index in [9.17, 15) is 5.11 Å². The van der Waals surface area contributed by atoms with E-state index >= 15 is 0 Å². The Labute approximate surface area is 126 Å². The number of aliphatic hydroxyl groups excluding tert-OH is 1. The maximum absolute atomic E-state index is 9.50. The summed E-state index contributed by atoms with van der Waals surface area (Å²) in [5.74, 6) is 4.32. The van der Waals surface area contributed by atoms with Crippen molar-refractivity contribution in [2.75, 3.05) is 30.8 Å². The van der Waals surface area contributed by atoms with Crippen LogP contribution in [0.2, 0.25) is 0 Å². The SMILES string of the molecule is CNc1cc(NCC2CCCCC2CO)nc(C2CC2)n1. The van der Waals surface area contributed by atoms with Gasteiger partial charge in [-0.3, -0.25) is 0 Å². The fraction of sp³-hybridized carbons (Fsp3) is 0.750. The van der Waals surface area contributed by atoms with E-state index in [2.05, 4.69) is 20.6 Å². The molecule has 2 unspecified atom stereocenters. The number of aliphatic hydroxyl groups is 1. The summed E-state index contributed by atoms with van der Waals surface area (Å²) >= 11 is 0. The van der Waals surface area contributed by atoms with E-state index in [0.29, 0.717) is 24.4 Å². The summed E-state index contributed by atoms with van der Waals surface area (Å²) in [4.78, 5) is 9.19. The third kappa shape index (κ3) is 3.64. The second-order valence-corrected chi connectivity index (χ2v) is 6.39. The van der Waals surface area contributed by atoms with Crippen molar-refractivity contribution in [1.29, 1.82) is 0 Å². The molecule has 1 aromatic rings. The first-order valence-corrected chi connectivity index (χ1v) is 8.21. The van der Waals surface area contributed by atoms with Crippen LogP contribution < -0.4 is 10.6 Å². The van der Waals surface area contributed by atoms with E-state index in [1.165, 1.54) is 32.1 Å². The summed E-state index contributed by atoms with van der Waals surface area (Å²) in [6, 6.07) is 1.97. The number of rotatable bonds is 6. The van der Waals surface area contributed by atoms with E-state index in [0.717, 1.165) is 30.4 Å². The zero-order valence-electron chi connectivity index (χ0n) is 12.8. The molecule has 0 bridgehead atoms. The van der Waals surface area contributed by atoms with Gasteiger partial charge < -0.3 is 15.7 Å². The molecule has 116 valence electrons. The minimum absolute atomic E-state index is 0.311. The second-order valence-electron chi connectivity index (χ2n) is 6.39. The van der Waals surface area contributed by atoms with Crippen LogP contribution in [-0.4, -0.2) is 35.3 Å². The van der Waals surface area contributed by atoms with Crippen molar-refractivity contribution < 1.29 is 5.11 Å². The average molecular weight is 290 g/mol. The Morgan fingerprint density at radius 3 is 2.48 bits per heavy atom. The zero-order valence-corrected chi connectivity index (χ0v) is 12.8. The molecule has 2 atom stereocenters. The highest BCUT2D eigenvalue weighted by Crippen LogP contribution is 2.39. The second kappa shape index (κ2) is 6.60. The highest BCUT2D eigenvalue weighted by atomic mass is 16.3. The van der Waals surface area contributed by atoms with Crippen molar-refractivity contribution in [1.82, 2.24) is 9.97 Å². The van der Waals surface area contributed by atoms with Gasteiger partial charge in [0.25, 0.3) is 0 Å². The van der Waals surface area contributed by atoms with Crippen molar-refractivity contribution in [2.45, 2.75) is 44.4 Å². The van der Waals surface area contributed by atoms with E-state index in [1.54, 1.807) is 0 Å². The first-order valence-electron chi connectivity index (χ1n) is 8.21. The predicted molar refractivity (Wildman–Crippen MR) is 84.6 cm³/mol. The van der Waals surface area contributed by atoms with Crippen LogP contribution in [0.3, 0.4) is 0 Å². The molecule has 5 heteroatoms. The molecule has 3 rings (SSSR count).